The number of hydrogen-bond donors (Lipinski definition) is 1. The van der Waals surface area contributed by atoms with Crippen LogP contribution in [0.4, 0.5) is 13.2 Å². The summed E-state index contributed by atoms with van der Waals surface area (Å²) in [5.41, 5.74) is 0.0978. The second kappa shape index (κ2) is 8.75. The molecule has 0 radical (unpaired) electrons. The van der Waals surface area contributed by atoms with Gasteiger partial charge in [0.05, 0.1) is 5.56 Å². The number of alkyl halides is 3. The van der Waals surface area contributed by atoms with Crippen molar-refractivity contribution in [3.63, 3.8) is 0 Å². The first-order valence-electron chi connectivity index (χ1n) is 9.76. The summed E-state index contributed by atoms with van der Waals surface area (Å²) in [4.78, 5) is 20.2. The fourth-order valence-electron chi connectivity index (χ4n) is 3.40. The number of rotatable bonds is 5. The molecule has 3 heterocycles. The predicted octanol–water partition coefficient (Wildman–Crippen LogP) is 4.27. The SMILES string of the molecule is O=C(NC1CCC(Oc2ccc(C(F)(F)F)cn2)CC1)c1cc(-c2cccnc2)on1. The molecule has 1 amide bonds. The van der Waals surface area contributed by atoms with Gasteiger partial charge in [-0.2, -0.15) is 13.2 Å². The Bertz CT molecular complexity index is 1010. The zero-order valence-electron chi connectivity index (χ0n) is 16.3. The van der Waals surface area contributed by atoms with Gasteiger partial charge < -0.3 is 14.6 Å². The molecule has 1 aliphatic rings. The first-order chi connectivity index (χ1) is 14.9. The molecule has 3 aromatic rings. The highest BCUT2D eigenvalue weighted by Gasteiger charge is 2.31. The molecule has 0 aromatic carbocycles. The molecule has 0 spiro atoms. The van der Waals surface area contributed by atoms with E-state index in [0.717, 1.165) is 17.8 Å². The summed E-state index contributed by atoms with van der Waals surface area (Å²) in [5, 5.41) is 6.76. The number of nitrogens with zero attached hydrogens (tertiary/aromatic N) is 3. The van der Waals surface area contributed by atoms with E-state index in [2.05, 4.69) is 20.4 Å². The van der Waals surface area contributed by atoms with Crippen LogP contribution in [-0.4, -0.2) is 33.2 Å². The average molecular weight is 432 g/mol. The quantitative estimate of drug-likeness (QED) is 0.648. The number of amides is 1. The molecular weight excluding hydrogens is 413 g/mol. The van der Waals surface area contributed by atoms with Crippen LogP contribution < -0.4 is 10.1 Å². The van der Waals surface area contributed by atoms with E-state index < -0.39 is 11.7 Å². The van der Waals surface area contributed by atoms with Crippen molar-refractivity contribution in [2.24, 2.45) is 0 Å². The van der Waals surface area contributed by atoms with E-state index in [-0.39, 0.29) is 29.6 Å². The highest BCUT2D eigenvalue weighted by Crippen LogP contribution is 2.30. The van der Waals surface area contributed by atoms with Crippen LogP contribution in [0.3, 0.4) is 0 Å². The molecule has 7 nitrogen and oxygen atoms in total. The summed E-state index contributed by atoms with van der Waals surface area (Å²) >= 11 is 0. The van der Waals surface area contributed by atoms with Crippen LogP contribution in [0.25, 0.3) is 11.3 Å². The minimum Gasteiger partial charge on any atom is -0.474 e. The number of carbonyl (C=O) groups excluding carboxylic acids is 1. The molecule has 0 unspecified atom stereocenters. The van der Waals surface area contributed by atoms with Crippen LogP contribution in [0.1, 0.15) is 41.7 Å². The minimum absolute atomic E-state index is 0.0496. The van der Waals surface area contributed by atoms with Crippen LogP contribution >= 0.6 is 0 Å². The smallest absolute Gasteiger partial charge is 0.417 e. The lowest BCUT2D eigenvalue weighted by Crippen LogP contribution is -2.39. The molecule has 1 aliphatic carbocycles. The van der Waals surface area contributed by atoms with Gasteiger partial charge in [0.25, 0.3) is 5.91 Å². The second-order valence-electron chi connectivity index (χ2n) is 7.27. The molecule has 1 fully saturated rings. The van der Waals surface area contributed by atoms with Crippen LogP contribution in [0, 0.1) is 0 Å². The number of pyridine rings is 2. The lowest BCUT2D eigenvalue weighted by atomic mass is 9.93. The summed E-state index contributed by atoms with van der Waals surface area (Å²) in [6.45, 7) is 0. The second-order valence-corrected chi connectivity index (χ2v) is 7.27. The molecule has 10 heteroatoms. The summed E-state index contributed by atoms with van der Waals surface area (Å²) in [6, 6.07) is 7.26. The van der Waals surface area contributed by atoms with E-state index in [1.807, 2.05) is 6.07 Å². The van der Waals surface area contributed by atoms with E-state index >= 15 is 0 Å². The Labute approximate surface area is 175 Å². The Balaban J connectivity index is 1.26. The van der Waals surface area contributed by atoms with E-state index in [4.69, 9.17) is 9.26 Å². The van der Waals surface area contributed by atoms with Gasteiger partial charge >= 0.3 is 6.18 Å². The highest BCUT2D eigenvalue weighted by molar-refractivity contribution is 5.93. The Morgan fingerprint density at radius 3 is 2.58 bits per heavy atom. The number of halogens is 3. The van der Waals surface area contributed by atoms with Crippen LogP contribution in [0.15, 0.2) is 53.4 Å². The Morgan fingerprint density at radius 2 is 1.94 bits per heavy atom. The summed E-state index contributed by atoms with van der Waals surface area (Å²) < 4.78 is 48.7. The molecule has 0 bridgehead atoms. The van der Waals surface area contributed by atoms with Gasteiger partial charge in [0.15, 0.2) is 11.5 Å². The van der Waals surface area contributed by atoms with Crippen molar-refractivity contribution < 1.29 is 27.2 Å². The molecule has 162 valence electrons. The first kappa shape index (κ1) is 20.8. The van der Waals surface area contributed by atoms with E-state index in [1.54, 1.807) is 24.5 Å². The van der Waals surface area contributed by atoms with Crippen molar-refractivity contribution in [3.8, 4) is 17.2 Å². The van der Waals surface area contributed by atoms with E-state index in [1.165, 1.54) is 6.07 Å². The maximum absolute atomic E-state index is 12.6. The maximum atomic E-state index is 12.6. The number of hydrogen-bond acceptors (Lipinski definition) is 6. The average Bonchev–Trinajstić information content (AvgIpc) is 3.26. The zero-order valence-corrected chi connectivity index (χ0v) is 16.3. The lowest BCUT2D eigenvalue weighted by molar-refractivity contribution is -0.137. The van der Waals surface area contributed by atoms with Crippen molar-refractivity contribution in [2.75, 3.05) is 0 Å². The molecular formula is C21H19F3N4O3. The van der Waals surface area contributed by atoms with Gasteiger partial charge in [-0.25, -0.2) is 4.98 Å². The molecule has 0 aliphatic heterocycles. The topological polar surface area (TPSA) is 90.1 Å². The highest BCUT2D eigenvalue weighted by atomic mass is 19.4. The molecule has 31 heavy (non-hydrogen) atoms. The van der Waals surface area contributed by atoms with Gasteiger partial charge in [0, 0.05) is 42.3 Å². The summed E-state index contributed by atoms with van der Waals surface area (Å²) in [7, 11) is 0. The fourth-order valence-corrected chi connectivity index (χ4v) is 3.40. The molecule has 1 N–H and O–H groups in total. The van der Waals surface area contributed by atoms with Crippen LogP contribution in [-0.2, 0) is 6.18 Å². The number of carbonyl (C=O) groups is 1. The molecule has 0 saturated heterocycles. The van der Waals surface area contributed by atoms with Crippen molar-refractivity contribution in [3.05, 3.63) is 60.2 Å². The van der Waals surface area contributed by atoms with Gasteiger partial charge in [0.2, 0.25) is 5.88 Å². The Morgan fingerprint density at radius 1 is 1.13 bits per heavy atom. The fraction of sp³-hybridized carbons (Fsp3) is 0.333. The van der Waals surface area contributed by atoms with E-state index in [0.29, 0.717) is 31.4 Å². The summed E-state index contributed by atoms with van der Waals surface area (Å²) in [5.74, 6) is 0.290. The standard InChI is InChI=1S/C21H19F3N4O3/c22-21(23,24)14-3-8-19(26-12-14)30-16-6-4-15(5-7-16)27-20(29)17-10-18(31-28-17)13-2-1-9-25-11-13/h1-3,8-12,15-16H,4-7H2,(H,27,29). The van der Waals surface area contributed by atoms with Crippen molar-refractivity contribution in [1.29, 1.82) is 0 Å². The van der Waals surface area contributed by atoms with E-state index in [9.17, 15) is 18.0 Å². The Hall–Kier alpha value is -3.43. The van der Waals surface area contributed by atoms with Crippen molar-refractivity contribution in [2.45, 2.75) is 44.0 Å². The largest absolute Gasteiger partial charge is 0.474 e. The molecule has 1 saturated carbocycles. The zero-order chi connectivity index (χ0) is 21.8. The Kier molecular flexibility index (Phi) is 5.88. The van der Waals surface area contributed by atoms with Crippen LogP contribution in [0.2, 0.25) is 0 Å². The molecule has 4 rings (SSSR count). The lowest BCUT2D eigenvalue weighted by Gasteiger charge is -2.29. The first-order valence-corrected chi connectivity index (χ1v) is 9.76. The van der Waals surface area contributed by atoms with Crippen LogP contribution in [0.5, 0.6) is 5.88 Å². The normalized spacial score (nSPS) is 19.1. The van der Waals surface area contributed by atoms with Gasteiger partial charge in [-0.15, -0.1) is 0 Å². The van der Waals surface area contributed by atoms with Crippen molar-refractivity contribution >= 4 is 5.91 Å². The minimum atomic E-state index is -4.43. The number of nitrogens with one attached hydrogen (secondary N) is 1. The number of ether oxygens (including phenoxy) is 1. The van der Waals surface area contributed by atoms with Gasteiger partial charge in [-0.1, -0.05) is 5.16 Å². The number of aromatic nitrogens is 3. The monoisotopic (exact) mass is 432 g/mol. The maximum Gasteiger partial charge on any atom is 0.417 e. The third-order valence-corrected chi connectivity index (χ3v) is 5.05. The third-order valence-electron chi connectivity index (χ3n) is 5.05. The third kappa shape index (κ3) is 5.19. The van der Waals surface area contributed by atoms with Gasteiger partial charge in [-0.3, -0.25) is 9.78 Å². The van der Waals surface area contributed by atoms with Gasteiger partial charge in [-0.05, 0) is 43.9 Å². The van der Waals surface area contributed by atoms with Crippen molar-refractivity contribution in [1.82, 2.24) is 20.4 Å². The van der Waals surface area contributed by atoms with Gasteiger partial charge in [0.1, 0.15) is 6.10 Å². The molecule has 0 atom stereocenters. The molecule has 3 aromatic heterocycles. The summed E-state index contributed by atoms with van der Waals surface area (Å²) in [6.07, 6.45) is 2.07. The predicted molar refractivity (Wildman–Crippen MR) is 103 cm³/mol.